The molecular formula is C21H23NO2. The van der Waals surface area contributed by atoms with E-state index in [0.717, 1.165) is 17.5 Å². The number of carbonyl (C=O) groups excluding carboxylic acids is 1. The minimum absolute atomic E-state index is 0.189. The number of ether oxygens (including phenoxy) is 1. The van der Waals surface area contributed by atoms with Crippen molar-refractivity contribution in [3.05, 3.63) is 71.9 Å². The Labute approximate surface area is 142 Å². The summed E-state index contributed by atoms with van der Waals surface area (Å²) >= 11 is 0. The zero-order chi connectivity index (χ0) is 17.2. The van der Waals surface area contributed by atoms with Crippen LogP contribution in [-0.4, -0.2) is 16.1 Å². The minimum Gasteiger partial charge on any atom is -0.460 e. The van der Waals surface area contributed by atoms with Crippen molar-refractivity contribution in [1.29, 1.82) is 0 Å². The summed E-state index contributed by atoms with van der Waals surface area (Å²) in [6.45, 7) is 6.50. The van der Waals surface area contributed by atoms with E-state index >= 15 is 0 Å². The van der Waals surface area contributed by atoms with Gasteiger partial charge in [-0.1, -0.05) is 36.4 Å². The summed E-state index contributed by atoms with van der Waals surface area (Å²) < 4.78 is 7.62. The highest BCUT2D eigenvalue weighted by Crippen LogP contribution is 2.20. The van der Waals surface area contributed by atoms with E-state index in [1.54, 1.807) is 0 Å². The molecule has 2 aromatic carbocycles. The molecule has 3 nitrogen and oxygen atoms in total. The predicted molar refractivity (Wildman–Crippen MR) is 97.0 cm³/mol. The highest BCUT2D eigenvalue weighted by atomic mass is 16.6. The Balaban J connectivity index is 1.77. The summed E-state index contributed by atoms with van der Waals surface area (Å²) in [5.74, 6) is -0.189. The number of aromatic nitrogens is 1. The number of nitrogens with zero attached hydrogens (tertiary/aromatic N) is 1. The fraction of sp³-hybridized carbons (Fsp3) is 0.286. The molecule has 0 saturated heterocycles. The van der Waals surface area contributed by atoms with E-state index in [-0.39, 0.29) is 5.97 Å². The van der Waals surface area contributed by atoms with E-state index in [1.165, 1.54) is 11.1 Å². The summed E-state index contributed by atoms with van der Waals surface area (Å²) in [7, 11) is 0. The third-order valence-electron chi connectivity index (χ3n) is 3.80. The Morgan fingerprint density at radius 2 is 1.75 bits per heavy atom. The molecule has 1 aromatic heterocycles. The summed E-state index contributed by atoms with van der Waals surface area (Å²) in [6.07, 6.45) is 2.39. The Morgan fingerprint density at radius 1 is 1.00 bits per heavy atom. The molecule has 3 aromatic rings. The van der Waals surface area contributed by atoms with Crippen LogP contribution in [0.1, 0.15) is 31.9 Å². The molecule has 0 amide bonds. The van der Waals surface area contributed by atoms with E-state index in [0.29, 0.717) is 6.42 Å². The van der Waals surface area contributed by atoms with Gasteiger partial charge in [-0.05, 0) is 55.5 Å². The quantitative estimate of drug-likeness (QED) is 0.659. The largest absolute Gasteiger partial charge is 0.460 e. The van der Waals surface area contributed by atoms with E-state index in [9.17, 15) is 4.79 Å². The van der Waals surface area contributed by atoms with Gasteiger partial charge in [-0.15, -0.1) is 0 Å². The lowest BCUT2D eigenvalue weighted by Crippen LogP contribution is -2.24. The number of hydrogen-bond acceptors (Lipinski definition) is 2. The number of esters is 1. The zero-order valence-electron chi connectivity index (χ0n) is 14.5. The van der Waals surface area contributed by atoms with Crippen molar-refractivity contribution in [2.24, 2.45) is 0 Å². The van der Waals surface area contributed by atoms with Gasteiger partial charge in [0.15, 0.2) is 0 Å². The molecule has 0 radical (unpaired) electrons. The molecule has 0 spiro atoms. The van der Waals surface area contributed by atoms with Crippen molar-refractivity contribution in [2.45, 2.75) is 39.3 Å². The van der Waals surface area contributed by atoms with E-state index in [1.807, 2.05) is 32.9 Å². The van der Waals surface area contributed by atoms with Gasteiger partial charge in [-0.3, -0.25) is 4.79 Å². The molecule has 0 saturated carbocycles. The Bertz CT molecular complexity index is 841. The Kier molecular flexibility index (Phi) is 4.43. The van der Waals surface area contributed by atoms with Crippen molar-refractivity contribution < 1.29 is 9.53 Å². The first kappa shape index (κ1) is 16.3. The number of hydrogen-bond donors (Lipinski definition) is 0. The van der Waals surface area contributed by atoms with Gasteiger partial charge < -0.3 is 9.30 Å². The van der Waals surface area contributed by atoms with Crippen LogP contribution < -0.4 is 0 Å². The van der Waals surface area contributed by atoms with Gasteiger partial charge in [0, 0.05) is 18.3 Å². The molecule has 0 aliphatic heterocycles. The molecule has 124 valence electrons. The fourth-order valence-corrected chi connectivity index (χ4v) is 2.82. The van der Waals surface area contributed by atoms with Gasteiger partial charge in [0.1, 0.15) is 5.60 Å². The van der Waals surface area contributed by atoms with Gasteiger partial charge in [0.25, 0.3) is 0 Å². The van der Waals surface area contributed by atoms with Crippen molar-refractivity contribution in [1.82, 2.24) is 4.57 Å². The molecule has 0 unspecified atom stereocenters. The molecule has 0 aliphatic rings. The number of carbonyl (C=O) groups is 1. The first-order valence-corrected chi connectivity index (χ1v) is 8.24. The second kappa shape index (κ2) is 6.52. The first-order chi connectivity index (χ1) is 11.4. The molecule has 0 bridgehead atoms. The minimum atomic E-state index is -0.444. The third kappa shape index (κ3) is 4.05. The molecular weight excluding hydrogens is 298 g/mol. The molecule has 3 rings (SSSR count). The van der Waals surface area contributed by atoms with Crippen LogP contribution >= 0.6 is 0 Å². The van der Waals surface area contributed by atoms with Crippen LogP contribution in [0, 0.1) is 0 Å². The van der Waals surface area contributed by atoms with Gasteiger partial charge in [0.05, 0.1) is 6.42 Å². The maximum Gasteiger partial charge on any atom is 0.310 e. The molecule has 0 N–H and O–H groups in total. The van der Waals surface area contributed by atoms with Crippen LogP contribution in [0.15, 0.2) is 60.8 Å². The summed E-state index contributed by atoms with van der Waals surface area (Å²) in [4.78, 5) is 12.0. The molecule has 24 heavy (non-hydrogen) atoms. The topological polar surface area (TPSA) is 31.2 Å². The number of benzene rings is 2. The smallest absolute Gasteiger partial charge is 0.310 e. The standard InChI is InChI=1S/C21H23NO2/c1-21(2,3)24-20(23)14-17-9-10-19-18(13-17)11-12-22(19)15-16-7-5-4-6-8-16/h4-13H,14-15H2,1-3H3. The van der Waals surface area contributed by atoms with Gasteiger partial charge in [0.2, 0.25) is 0 Å². The van der Waals surface area contributed by atoms with Crippen molar-refractivity contribution in [2.75, 3.05) is 0 Å². The van der Waals surface area contributed by atoms with Gasteiger partial charge in [-0.25, -0.2) is 0 Å². The average molecular weight is 321 g/mol. The van der Waals surface area contributed by atoms with Crippen molar-refractivity contribution in [3.63, 3.8) is 0 Å². The normalized spacial score (nSPS) is 11.6. The number of fused-ring (bicyclic) bond motifs is 1. The van der Waals surface area contributed by atoms with Crippen LogP contribution in [0.25, 0.3) is 10.9 Å². The SMILES string of the molecule is CC(C)(C)OC(=O)Cc1ccc2c(ccn2Cc2ccccc2)c1. The second-order valence-electron chi connectivity index (χ2n) is 7.09. The summed E-state index contributed by atoms with van der Waals surface area (Å²) in [6, 6.07) is 18.6. The van der Waals surface area contributed by atoms with Crippen LogP contribution in [-0.2, 0) is 22.5 Å². The highest BCUT2D eigenvalue weighted by molar-refractivity contribution is 5.82. The van der Waals surface area contributed by atoms with Crippen molar-refractivity contribution >= 4 is 16.9 Å². The van der Waals surface area contributed by atoms with E-state index < -0.39 is 5.60 Å². The maximum atomic E-state index is 12.0. The van der Waals surface area contributed by atoms with E-state index in [4.69, 9.17) is 4.74 Å². The lowest BCUT2D eigenvalue weighted by molar-refractivity contribution is -0.153. The number of rotatable bonds is 4. The molecule has 1 heterocycles. The molecule has 3 heteroatoms. The predicted octanol–water partition coefficient (Wildman–Crippen LogP) is 4.57. The Hall–Kier alpha value is -2.55. The van der Waals surface area contributed by atoms with Crippen molar-refractivity contribution in [3.8, 4) is 0 Å². The average Bonchev–Trinajstić information content (AvgIpc) is 2.89. The van der Waals surface area contributed by atoms with E-state index in [2.05, 4.69) is 53.2 Å². The monoisotopic (exact) mass is 321 g/mol. The maximum absolute atomic E-state index is 12.0. The summed E-state index contributed by atoms with van der Waals surface area (Å²) in [5, 5.41) is 1.15. The van der Waals surface area contributed by atoms with Crippen LogP contribution in [0.4, 0.5) is 0 Å². The fourth-order valence-electron chi connectivity index (χ4n) is 2.82. The van der Waals surface area contributed by atoms with Gasteiger partial charge >= 0.3 is 5.97 Å². The van der Waals surface area contributed by atoms with Gasteiger partial charge in [-0.2, -0.15) is 0 Å². The zero-order valence-corrected chi connectivity index (χ0v) is 14.5. The van der Waals surface area contributed by atoms with Crippen LogP contribution in [0.5, 0.6) is 0 Å². The molecule has 0 aliphatic carbocycles. The third-order valence-corrected chi connectivity index (χ3v) is 3.80. The highest BCUT2D eigenvalue weighted by Gasteiger charge is 2.16. The summed E-state index contributed by atoms with van der Waals surface area (Å²) in [5.41, 5.74) is 2.98. The van der Waals surface area contributed by atoms with Crippen LogP contribution in [0.2, 0.25) is 0 Å². The second-order valence-corrected chi connectivity index (χ2v) is 7.09. The lowest BCUT2D eigenvalue weighted by Gasteiger charge is -2.19. The molecule has 0 fully saturated rings. The Morgan fingerprint density at radius 3 is 2.46 bits per heavy atom. The van der Waals surface area contributed by atoms with Crippen LogP contribution in [0.3, 0.4) is 0 Å². The molecule has 0 atom stereocenters. The lowest BCUT2D eigenvalue weighted by atomic mass is 10.1. The first-order valence-electron chi connectivity index (χ1n) is 8.24.